The lowest BCUT2D eigenvalue weighted by Gasteiger charge is -2.39. The van der Waals surface area contributed by atoms with Crippen molar-refractivity contribution in [3.05, 3.63) is 40.6 Å². The Balaban J connectivity index is 1.59. The highest BCUT2D eigenvalue weighted by molar-refractivity contribution is 5.88. The number of benzene rings is 2. The molecule has 2 aromatic carbocycles. The van der Waals surface area contributed by atoms with Crippen LogP contribution in [0.15, 0.2) is 39.5 Å². The number of aliphatic hydroxyl groups is 7. The van der Waals surface area contributed by atoms with Gasteiger partial charge in [0.15, 0.2) is 17.3 Å². The molecule has 0 spiro atoms. The van der Waals surface area contributed by atoms with Gasteiger partial charge in [-0.25, -0.2) is 0 Å². The molecule has 0 amide bonds. The number of phenolic OH excluding ortho intramolecular Hbond substituents is 3. The third-order valence-corrected chi connectivity index (χ3v) is 6.93. The molecule has 228 valence electrons. The van der Waals surface area contributed by atoms with Crippen LogP contribution in [-0.4, -0.2) is 120 Å². The summed E-state index contributed by atoms with van der Waals surface area (Å²) in [5.74, 6) is -3.09. The van der Waals surface area contributed by atoms with Gasteiger partial charge < -0.3 is 74.4 Å². The van der Waals surface area contributed by atoms with Crippen LogP contribution in [0.25, 0.3) is 22.3 Å². The molecule has 9 atom stereocenters. The molecule has 0 bridgehead atoms. The van der Waals surface area contributed by atoms with Crippen molar-refractivity contribution in [3.63, 3.8) is 0 Å². The first-order valence-corrected chi connectivity index (χ1v) is 12.6. The van der Waals surface area contributed by atoms with Crippen LogP contribution in [0.5, 0.6) is 28.7 Å². The van der Waals surface area contributed by atoms with Crippen molar-refractivity contribution in [1.29, 1.82) is 0 Å². The van der Waals surface area contributed by atoms with Gasteiger partial charge in [-0.3, -0.25) is 4.79 Å². The minimum Gasteiger partial charge on any atom is -0.507 e. The molecule has 16 nitrogen and oxygen atoms in total. The van der Waals surface area contributed by atoms with Crippen LogP contribution in [0.2, 0.25) is 0 Å². The van der Waals surface area contributed by atoms with Gasteiger partial charge in [0.25, 0.3) is 0 Å². The first-order chi connectivity index (χ1) is 19.9. The maximum absolute atomic E-state index is 13.6. The number of fused-ring (bicyclic) bond motifs is 1. The zero-order valence-electron chi connectivity index (χ0n) is 21.4. The number of hydrogen-bond donors (Lipinski definition) is 10. The largest absolute Gasteiger partial charge is 0.507 e. The molecule has 2 saturated heterocycles. The van der Waals surface area contributed by atoms with E-state index in [1.807, 2.05) is 0 Å². The summed E-state index contributed by atoms with van der Waals surface area (Å²) in [4.78, 5) is 13.6. The van der Waals surface area contributed by atoms with Gasteiger partial charge in [-0.15, -0.1) is 0 Å². The summed E-state index contributed by atoms with van der Waals surface area (Å²) in [6.45, 7) is -1.18. The average molecular weight is 596 g/mol. The van der Waals surface area contributed by atoms with Crippen LogP contribution in [0.4, 0.5) is 0 Å². The number of phenols is 3. The van der Waals surface area contributed by atoms with Crippen LogP contribution in [0.1, 0.15) is 0 Å². The van der Waals surface area contributed by atoms with E-state index in [1.54, 1.807) is 0 Å². The zero-order chi connectivity index (χ0) is 30.5. The van der Waals surface area contributed by atoms with Gasteiger partial charge in [0, 0.05) is 17.7 Å². The molecule has 2 fully saturated rings. The van der Waals surface area contributed by atoms with Gasteiger partial charge in [-0.2, -0.15) is 0 Å². The van der Waals surface area contributed by atoms with Crippen molar-refractivity contribution in [2.45, 2.75) is 55.3 Å². The van der Waals surface area contributed by atoms with Crippen LogP contribution in [0.3, 0.4) is 0 Å². The molecule has 0 aliphatic carbocycles. The summed E-state index contributed by atoms with van der Waals surface area (Å²) >= 11 is 0. The fourth-order valence-electron chi connectivity index (χ4n) is 4.59. The van der Waals surface area contributed by atoms with Crippen LogP contribution in [-0.2, 0) is 9.47 Å². The quantitative estimate of drug-likeness (QED) is 0.133. The van der Waals surface area contributed by atoms with E-state index in [0.29, 0.717) is 0 Å². The Morgan fingerprint density at radius 1 is 0.786 bits per heavy atom. The number of ether oxygens (including phenoxy) is 4. The lowest BCUT2D eigenvalue weighted by atomic mass is 9.99. The van der Waals surface area contributed by atoms with Gasteiger partial charge >= 0.3 is 0 Å². The fraction of sp³-hybridized carbons (Fsp3) is 0.423. The molecular formula is C26H28O16. The second kappa shape index (κ2) is 11.5. The summed E-state index contributed by atoms with van der Waals surface area (Å²) in [7, 11) is 0. The maximum Gasteiger partial charge on any atom is 0.239 e. The van der Waals surface area contributed by atoms with E-state index in [9.17, 15) is 55.9 Å². The average Bonchev–Trinajstić information content (AvgIpc) is 2.95. The normalized spacial score (nSPS) is 31.6. The van der Waals surface area contributed by atoms with Crippen molar-refractivity contribution in [2.75, 3.05) is 13.2 Å². The number of aromatic hydroxyl groups is 3. The molecule has 4 unspecified atom stereocenters. The second-order valence-electron chi connectivity index (χ2n) is 9.79. The molecule has 0 saturated carbocycles. The standard InChI is InChI=1S/C26H28O16/c27-6-15-18(33)20(35)22(37)26(41-15)39-9-4-12(30)16-14(5-9)40-23(8-1-2-10(28)11(29)3-8)24(19(16)34)42-25-21(36)17(32)13(31)7-38-25/h1-5,13,15,17-18,20-22,25-33,35-37H,6-7H2/t13-,15?,17?,18+,20-,21?,22?,25-,26+/m0/s1. The third-order valence-electron chi connectivity index (χ3n) is 6.93. The lowest BCUT2D eigenvalue weighted by molar-refractivity contribution is -0.277. The molecule has 16 heteroatoms. The van der Waals surface area contributed by atoms with Crippen molar-refractivity contribution in [3.8, 4) is 40.1 Å². The Morgan fingerprint density at radius 2 is 1.50 bits per heavy atom. The Labute approximate surface area is 235 Å². The van der Waals surface area contributed by atoms with Gasteiger partial charge in [-0.1, -0.05) is 0 Å². The van der Waals surface area contributed by atoms with E-state index < -0.39 is 102 Å². The number of rotatable bonds is 6. The van der Waals surface area contributed by atoms with Crippen molar-refractivity contribution >= 4 is 11.0 Å². The maximum atomic E-state index is 13.6. The van der Waals surface area contributed by atoms with Gasteiger partial charge in [0.05, 0.1) is 13.2 Å². The molecule has 2 aliphatic rings. The van der Waals surface area contributed by atoms with Crippen molar-refractivity contribution in [1.82, 2.24) is 0 Å². The van der Waals surface area contributed by atoms with E-state index in [0.717, 1.165) is 24.3 Å². The molecule has 42 heavy (non-hydrogen) atoms. The topological polar surface area (TPSA) is 269 Å². The summed E-state index contributed by atoms with van der Waals surface area (Å²) in [5.41, 5.74) is -1.35. The predicted molar refractivity (Wildman–Crippen MR) is 136 cm³/mol. The monoisotopic (exact) mass is 596 g/mol. The van der Waals surface area contributed by atoms with Gasteiger partial charge in [0.2, 0.25) is 23.8 Å². The molecular weight excluding hydrogens is 568 g/mol. The Morgan fingerprint density at radius 3 is 2.19 bits per heavy atom. The van der Waals surface area contributed by atoms with E-state index in [2.05, 4.69) is 0 Å². The predicted octanol–water partition coefficient (Wildman–Crippen LogP) is -2.43. The lowest BCUT2D eigenvalue weighted by Crippen LogP contribution is -2.60. The second-order valence-corrected chi connectivity index (χ2v) is 9.79. The van der Waals surface area contributed by atoms with Crippen molar-refractivity contribution < 1.29 is 74.4 Å². The molecule has 3 heterocycles. The highest BCUT2D eigenvalue weighted by atomic mass is 16.7. The fourth-order valence-corrected chi connectivity index (χ4v) is 4.59. The summed E-state index contributed by atoms with van der Waals surface area (Å²) < 4.78 is 27.5. The van der Waals surface area contributed by atoms with Crippen LogP contribution in [0, 0.1) is 0 Å². The van der Waals surface area contributed by atoms with Gasteiger partial charge in [-0.05, 0) is 18.2 Å². The van der Waals surface area contributed by atoms with E-state index in [4.69, 9.17) is 23.4 Å². The van der Waals surface area contributed by atoms with Crippen molar-refractivity contribution in [2.24, 2.45) is 0 Å². The minimum absolute atomic E-state index is 0.0232. The Bertz CT molecular complexity index is 1500. The molecule has 5 rings (SSSR count). The molecule has 0 radical (unpaired) electrons. The van der Waals surface area contributed by atoms with E-state index in [1.165, 1.54) is 6.07 Å². The Hall–Kier alpha value is -3.71. The first-order valence-electron chi connectivity index (χ1n) is 12.6. The summed E-state index contributed by atoms with van der Waals surface area (Å²) in [5, 5.41) is 99.9. The SMILES string of the molecule is O=c1c(O[C@@H]2OC[C@H](O)C(O)C2O)c(-c2ccc(O)c(O)c2)oc2cc(O[C@@H]3OC(CO)[C@@H](O)[C@H](O)C3O)cc(O)c12. The minimum atomic E-state index is -1.81. The van der Waals surface area contributed by atoms with Gasteiger partial charge in [0.1, 0.15) is 65.2 Å². The van der Waals surface area contributed by atoms with E-state index in [-0.39, 0.29) is 22.7 Å². The molecule has 3 aromatic rings. The number of hydrogen-bond acceptors (Lipinski definition) is 16. The molecule has 1 aromatic heterocycles. The summed E-state index contributed by atoms with van der Waals surface area (Å²) in [6.07, 6.45) is -14.7. The third kappa shape index (κ3) is 5.31. The van der Waals surface area contributed by atoms with Crippen LogP contribution < -0.4 is 14.9 Å². The zero-order valence-corrected chi connectivity index (χ0v) is 21.4. The number of aliphatic hydroxyl groups excluding tert-OH is 7. The highest BCUT2D eigenvalue weighted by Crippen LogP contribution is 2.40. The highest BCUT2D eigenvalue weighted by Gasteiger charge is 2.45. The van der Waals surface area contributed by atoms with E-state index >= 15 is 0 Å². The summed E-state index contributed by atoms with van der Waals surface area (Å²) in [6, 6.07) is 5.41. The van der Waals surface area contributed by atoms with Crippen LogP contribution >= 0.6 is 0 Å². The smallest absolute Gasteiger partial charge is 0.239 e. The molecule has 2 aliphatic heterocycles. The first kappa shape index (κ1) is 29.8. The molecule has 10 N–H and O–H groups in total. The Kier molecular flexibility index (Phi) is 8.17.